The van der Waals surface area contributed by atoms with Crippen LogP contribution in [-0.4, -0.2) is 16.3 Å². The lowest BCUT2D eigenvalue weighted by Gasteiger charge is -2.01. The third-order valence-corrected chi connectivity index (χ3v) is 3.94. The molecule has 7 heteroatoms. The van der Waals surface area contributed by atoms with E-state index in [1.54, 1.807) is 19.1 Å². The summed E-state index contributed by atoms with van der Waals surface area (Å²) in [6.45, 7) is 1.61. The summed E-state index contributed by atoms with van der Waals surface area (Å²) in [6.07, 6.45) is 0. The maximum atomic E-state index is 11.4. The molecular weight excluding hydrogens is 347 g/mol. The highest BCUT2D eigenvalue weighted by atomic mass is 79.9. The molecule has 0 saturated heterocycles. The van der Waals surface area contributed by atoms with Gasteiger partial charge in [0.1, 0.15) is 5.38 Å². The average Bonchev–Trinajstić information content (AvgIpc) is 2.60. The third-order valence-electron chi connectivity index (χ3n) is 2.00. The standard InChI is InChI=1S/C10H7BrCl2N2OS/c1-4(12)9(16)15-10-14-8-6(11)2-5(13)3-7(8)17-10/h2-4H,1H3,(H,14,15,16)/t4-/m1/s1. The van der Waals surface area contributed by atoms with Crippen LogP contribution in [0.15, 0.2) is 16.6 Å². The van der Waals surface area contributed by atoms with Gasteiger partial charge in [0.05, 0.1) is 10.2 Å². The normalized spacial score (nSPS) is 12.7. The van der Waals surface area contributed by atoms with Gasteiger partial charge in [-0.25, -0.2) is 4.98 Å². The molecule has 1 amide bonds. The molecule has 3 nitrogen and oxygen atoms in total. The minimum absolute atomic E-state index is 0.270. The van der Waals surface area contributed by atoms with Crippen LogP contribution in [0.1, 0.15) is 6.92 Å². The topological polar surface area (TPSA) is 42.0 Å². The smallest absolute Gasteiger partial charge is 0.243 e. The highest BCUT2D eigenvalue weighted by Crippen LogP contribution is 2.33. The van der Waals surface area contributed by atoms with Gasteiger partial charge in [-0.2, -0.15) is 0 Å². The number of aromatic nitrogens is 1. The van der Waals surface area contributed by atoms with E-state index in [9.17, 15) is 4.79 Å². The van der Waals surface area contributed by atoms with Gasteiger partial charge in [-0.15, -0.1) is 11.6 Å². The summed E-state index contributed by atoms with van der Waals surface area (Å²) in [5.41, 5.74) is 0.775. The first-order valence-corrected chi connectivity index (χ1v) is 7.10. The van der Waals surface area contributed by atoms with Crippen LogP contribution in [0.4, 0.5) is 5.13 Å². The van der Waals surface area contributed by atoms with Crippen LogP contribution < -0.4 is 5.32 Å². The van der Waals surface area contributed by atoms with Crippen molar-refractivity contribution < 1.29 is 4.79 Å². The number of anilines is 1. The Morgan fingerprint density at radius 3 is 2.94 bits per heavy atom. The second-order valence-electron chi connectivity index (χ2n) is 3.36. The fourth-order valence-electron chi connectivity index (χ4n) is 1.22. The monoisotopic (exact) mass is 352 g/mol. The number of carbonyl (C=O) groups is 1. The molecule has 0 aliphatic heterocycles. The number of carbonyl (C=O) groups excluding carboxylic acids is 1. The van der Waals surface area contributed by atoms with Gasteiger partial charge in [0.25, 0.3) is 0 Å². The Bertz CT molecular complexity index is 585. The average molecular weight is 354 g/mol. The Hall–Kier alpha value is -0.360. The first-order valence-electron chi connectivity index (χ1n) is 4.68. The SMILES string of the molecule is C[C@@H](Cl)C(=O)Nc1nc2c(Br)cc(Cl)cc2s1. The summed E-state index contributed by atoms with van der Waals surface area (Å²) in [4.78, 5) is 15.7. The lowest BCUT2D eigenvalue weighted by atomic mass is 10.3. The van der Waals surface area contributed by atoms with Crippen molar-refractivity contribution in [3.8, 4) is 0 Å². The zero-order chi connectivity index (χ0) is 12.6. The van der Waals surface area contributed by atoms with Crippen molar-refractivity contribution in [3.63, 3.8) is 0 Å². The Balaban J connectivity index is 2.38. The molecule has 1 N–H and O–H groups in total. The summed E-state index contributed by atoms with van der Waals surface area (Å²) in [5, 5.41) is 3.20. The number of fused-ring (bicyclic) bond motifs is 1. The molecule has 0 radical (unpaired) electrons. The molecule has 1 aromatic carbocycles. The Kier molecular flexibility index (Phi) is 3.92. The second-order valence-corrected chi connectivity index (χ2v) is 6.33. The molecule has 0 fully saturated rings. The number of hydrogen-bond acceptors (Lipinski definition) is 3. The van der Waals surface area contributed by atoms with Crippen LogP contribution in [0, 0.1) is 0 Å². The van der Waals surface area contributed by atoms with Crippen LogP contribution in [0.25, 0.3) is 10.2 Å². The predicted molar refractivity (Wildman–Crippen MR) is 76.3 cm³/mol. The van der Waals surface area contributed by atoms with Crippen molar-refractivity contribution in [2.45, 2.75) is 12.3 Å². The lowest BCUT2D eigenvalue weighted by molar-refractivity contribution is -0.115. The quantitative estimate of drug-likeness (QED) is 0.819. The number of thiazole rings is 1. The molecule has 1 heterocycles. The number of nitrogens with one attached hydrogen (secondary N) is 1. The summed E-state index contributed by atoms with van der Waals surface area (Å²) in [7, 11) is 0. The molecule has 0 unspecified atom stereocenters. The molecule has 0 spiro atoms. The molecule has 17 heavy (non-hydrogen) atoms. The van der Waals surface area contributed by atoms with Crippen molar-refractivity contribution >= 4 is 71.7 Å². The Labute approximate surface area is 120 Å². The zero-order valence-corrected chi connectivity index (χ0v) is 12.5. The van der Waals surface area contributed by atoms with Crippen molar-refractivity contribution in [3.05, 3.63) is 21.6 Å². The fourth-order valence-corrected chi connectivity index (χ4v) is 3.30. The van der Waals surface area contributed by atoms with E-state index in [4.69, 9.17) is 23.2 Å². The van der Waals surface area contributed by atoms with E-state index in [0.29, 0.717) is 10.2 Å². The molecule has 90 valence electrons. The maximum absolute atomic E-state index is 11.4. The molecular formula is C10H7BrCl2N2OS. The molecule has 0 aliphatic carbocycles. The third kappa shape index (κ3) is 2.91. The van der Waals surface area contributed by atoms with E-state index in [0.717, 1.165) is 14.7 Å². The second kappa shape index (κ2) is 5.10. The highest BCUT2D eigenvalue weighted by Gasteiger charge is 2.13. The van der Waals surface area contributed by atoms with Crippen LogP contribution in [0.5, 0.6) is 0 Å². The minimum atomic E-state index is -0.589. The summed E-state index contributed by atoms with van der Waals surface area (Å²) in [5.74, 6) is -0.270. The predicted octanol–water partition coefficient (Wildman–Crippen LogP) is 4.28. The van der Waals surface area contributed by atoms with Gasteiger partial charge in [-0.3, -0.25) is 4.79 Å². The first kappa shape index (κ1) is 13.1. The van der Waals surface area contributed by atoms with Gasteiger partial charge < -0.3 is 5.32 Å². The molecule has 0 saturated carbocycles. The van der Waals surface area contributed by atoms with Gasteiger partial charge in [-0.05, 0) is 35.0 Å². The van der Waals surface area contributed by atoms with E-state index in [1.807, 2.05) is 0 Å². The number of rotatable bonds is 2. The number of amides is 1. The number of benzene rings is 1. The summed E-state index contributed by atoms with van der Waals surface area (Å²) in [6, 6.07) is 3.57. The molecule has 2 rings (SSSR count). The van der Waals surface area contributed by atoms with Gasteiger partial charge >= 0.3 is 0 Å². The highest BCUT2D eigenvalue weighted by molar-refractivity contribution is 9.10. The van der Waals surface area contributed by atoms with E-state index >= 15 is 0 Å². The van der Waals surface area contributed by atoms with Crippen molar-refractivity contribution in [1.29, 1.82) is 0 Å². The van der Waals surface area contributed by atoms with Crippen LogP contribution >= 0.6 is 50.5 Å². The van der Waals surface area contributed by atoms with E-state index < -0.39 is 5.38 Å². The van der Waals surface area contributed by atoms with Crippen LogP contribution in [0.3, 0.4) is 0 Å². The fraction of sp³-hybridized carbons (Fsp3) is 0.200. The van der Waals surface area contributed by atoms with Crippen LogP contribution in [0.2, 0.25) is 5.02 Å². The molecule has 0 bridgehead atoms. The van der Waals surface area contributed by atoms with E-state index in [2.05, 4.69) is 26.2 Å². The molecule has 1 atom stereocenters. The summed E-state index contributed by atoms with van der Waals surface area (Å²) < 4.78 is 1.71. The minimum Gasteiger partial charge on any atom is -0.301 e. The number of alkyl halides is 1. The largest absolute Gasteiger partial charge is 0.301 e. The first-order chi connectivity index (χ1) is 7.97. The Morgan fingerprint density at radius 1 is 1.59 bits per heavy atom. The van der Waals surface area contributed by atoms with Crippen molar-refractivity contribution in [2.24, 2.45) is 0 Å². The molecule has 2 aromatic rings. The molecule has 0 aliphatic rings. The van der Waals surface area contributed by atoms with Gasteiger partial charge in [0.15, 0.2) is 5.13 Å². The Morgan fingerprint density at radius 2 is 2.29 bits per heavy atom. The number of nitrogens with zero attached hydrogens (tertiary/aromatic N) is 1. The zero-order valence-electron chi connectivity index (χ0n) is 8.63. The van der Waals surface area contributed by atoms with Gasteiger partial charge in [-0.1, -0.05) is 22.9 Å². The van der Waals surface area contributed by atoms with E-state index in [-0.39, 0.29) is 5.91 Å². The maximum Gasteiger partial charge on any atom is 0.243 e. The number of halogens is 3. The van der Waals surface area contributed by atoms with Crippen molar-refractivity contribution in [1.82, 2.24) is 4.98 Å². The van der Waals surface area contributed by atoms with Gasteiger partial charge in [0.2, 0.25) is 5.91 Å². The van der Waals surface area contributed by atoms with Gasteiger partial charge in [0, 0.05) is 9.50 Å². The summed E-state index contributed by atoms with van der Waals surface area (Å²) >= 11 is 16.3. The lowest BCUT2D eigenvalue weighted by Crippen LogP contribution is -2.19. The van der Waals surface area contributed by atoms with E-state index in [1.165, 1.54) is 11.3 Å². The molecule has 1 aromatic heterocycles. The number of hydrogen-bond donors (Lipinski definition) is 1. The van der Waals surface area contributed by atoms with Crippen molar-refractivity contribution in [2.75, 3.05) is 5.32 Å². The van der Waals surface area contributed by atoms with Crippen LogP contribution in [-0.2, 0) is 4.79 Å².